The largest absolute Gasteiger partial charge is 0.462 e. The Bertz CT molecular complexity index is 159. The van der Waals surface area contributed by atoms with E-state index in [0.29, 0.717) is 6.42 Å². The lowest BCUT2D eigenvalue weighted by Crippen LogP contribution is -2.09. The SMILES string of the molecule is C[C@@H]1C[C@H](CC(Cl)Cl)OC1=O. The molecule has 2 nitrogen and oxygen atoms in total. The van der Waals surface area contributed by atoms with Gasteiger partial charge >= 0.3 is 5.97 Å². The minimum atomic E-state index is -0.432. The van der Waals surface area contributed by atoms with Crippen molar-refractivity contribution in [1.29, 1.82) is 0 Å². The molecule has 0 saturated carbocycles. The molecule has 2 atom stereocenters. The fraction of sp³-hybridized carbons (Fsp3) is 0.857. The number of esters is 1. The third-order valence-electron chi connectivity index (χ3n) is 1.74. The van der Waals surface area contributed by atoms with Crippen LogP contribution in [0.1, 0.15) is 19.8 Å². The maximum Gasteiger partial charge on any atom is 0.309 e. The van der Waals surface area contributed by atoms with Crippen LogP contribution in [0.3, 0.4) is 0 Å². The molecule has 0 unspecified atom stereocenters. The van der Waals surface area contributed by atoms with E-state index >= 15 is 0 Å². The summed E-state index contributed by atoms with van der Waals surface area (Å²) in [5.74, 6) is -0.129. The molecule has 1 saturated heterocycles. The molecule has 1 aliphatic heterocycles. The summed E-state index contributed by atoms with van der Waals surface area (Å²) in [6.45, 7) is 1.85. The Morgan fingerprint density at radius 2 is 2.36 bits per heavy atom. The van der Waals surface area contributed by atoms with Crippen molar-refractivity contribution in [2.75, 3.05) is 0 Å². The van der Waals surface area contributed by atoms with Gasteiger partial charge in [0.1, 0.15) is 10.9 Å². The first-order valence-corrected chi connectivity index (χ1v) is 4.45. The van der Waals surface area contributed by atoms with Crippen molar-refractivity contribution in [3.8, 4) is 0 Å². The highest BCUT2D eigenvalue weighted by molar-refractivity contribution is 6.44. The predicted molar refractivity (Wildman–Crippen MR) is 43.8 cm³/mol. The van der Waals surface area contributed by atoms with Crippen molar-refractivity contribution in [1.82, 2.24) is 0 Å². The van der Waals surface area contributed by atoms with E-state index in [1.54, 1.807) is 0 Å². The average Bonchev–Trinajstić information content (AvgIpc) is 2.10. The van der Waals surface area contributed by atoms with Gasteiger partial charge in [-0.15, -0.1) is 23.2 Å². The van der Waals surface area contributed by atoms with Crippen molar-refractivity contribution >= 4 is 29.2 Å². The molecule has 0 aliphatic carbocycles. The van der Waals surface area contributed by atoms with E-state index in [1.165, 1.54) is 0 Å². The van der Waals surface area contributed by atoms with Crippen LogP contribution in [-0.4, -0.2) is 16.9 Å². The molecule has 0 N–H and O–H groups in total. The molecular weight excluding hydrogens is 187 g/mol. The lowest BCUT2D eigenvalue weighted by atomic mass is 10.1. The Balaban J connectivity index is 2.35. The third kappa shape index (κ3) is 2.53. The first-order valence-electron chi connectivity index (χ1n) is 3.58. The number of halogens is 2. The van der Waals surface area contributed by atoms with Crippen LogP contribution in [0.5, 0.6) is 0 Å². The summed E-state index contributed by atoms with van der Waals surface area (Å²) in [7, 11) is 0. The summed E-state index contributed by atoms with van der Waals surface area (Å²) < 4.78 is 4.98. The summed E-state index contributed by atoms with van der Waals surface area (Å²) in [6.07, 6.45) is 1.21. The molecule has 0 bridgehead atoms. The van der Waals surface area contributed by atoms with E-state index in [0.717, 1.165) is 6.42 Å². The van der Waals surface area contributed by atoms with Crippen molar-refractivity contribution in [3.63, 3.8) is 0 Å². The van der Waals surface area contributed by atoms with Crippen LogP contribution < -0.4 is 0 Å². The van der Waals surface area contributed by atoms with E-state index in [4.69, 9.17) is 27.9 Å². The van der Waals surface area contributed by atoms with E-state index in [9.17, 15) is 4.79 Å². The number of hydrogen-bond acceptors (Lipinski definition) is 2. The van der Waals surface area contributed by atoms with Crippen LogP contribution in [0.4, 0.5) is 0 Å². The van der Waals surface area contributed by atoms with Gasteiger partial charge in [0, 0.05) is 6.42 Å². The normalized spacial score (nSPS) is 31.1. The maximum absolute atomic E-state index is 10.9. The van der Waals surface area contributed by atoms with E-state index in [1.807, 2.05) is 6.92 Å². The van der Waals surface area contributed by atoms with Crippen molar-refractivity contribution in [2.24, 2.45) is 5.92 Å². The second-order valence-corrected chi connectivity index (χ2v) is 4.10. The lowest BCUT2D eigenvalue weighted by Gasteiger charge is -2.07. The van der Waals surface area contributed by atoms with Crippen LogP contribution in [0.15, 0.2) is 0 Å². The van der Waals surface area contributed by atoms with E-state index in [2.05, 4.69) is 0 Å². The van der Waals surface area contributed by atoms with Crippen LogP contribution in [0.25, 0.3) is 0 Å². The molecule has 1 aliphatic rings. The van der Waals surface area contributed by atoms with Crippen molar-refractivity contribution in [3.05, 3.63) is 0 Å². The van der Waals surface area contributed by atoms with Gasteiger partial charge < -0.3 is 4.74 Å². The number of rotatable bonds is 2. The van der Waals surface area contributed by atoms with Crippen LogP contribution in [0, 0.1) is 5.92 Å². The second kappa shape index (κ2) is 3.63. The first kappa shape index (κ1) is 9.14. The van der Waals surface area contributed by atoms with Gasteiger partial charge in [-0.25, -0.2) is 0 Å². The van der Waals surface area contributed by atoms with Crippen molar-refractivity contribution < 1.29 is 9.53 Å². The Morgan fingerprint density at radius 3 is 2.73 bits per heavy atom. The minimum Gasteiger partial charge on any atom is -0.462 e. The van der Waals surface area contributed by atoms with Gasteiger partial charge in [0.2, 0.25) is 0 Å². The van der Waals surface area contributed by atoms with Gasteiger partial charge in [-0.05, 0) is 6.42 Å². The maximum atomic E-state index is 10.9. The average molecular weight is 197 g/mol. The zero-order valence-corrected chi connectivity index (χ0v) is 7.73. The van der Waals surface area contributed by atoms with Crippen LogP contribution in [0.2, 0.25) is 0 Å². The van der Waals surface area contributed by atoms with Gasteiger partial charge in [-0.1, -0.05) is 6.92 Å². The number of cyclic esters (lactones) is 1. The lowest BCUT2D eigenvalue weighted by molar-refractivity contribution is -0.144. The fourth-order valence-electron chi connectivity index (χ4n) is 1.16. The van der Waals surface area contributed by atoms with Gasteiger partial charge in [-0.3, -0.25) is 4.79 Å². The predicted octanol–water partition coefficient (Wildman–Crippen LogP) is 2.13. The Kier molecular flexibility index (Phi) is 3.02. The Morgan fingerprint density at radius 1 is 1.73 bits per heavy atom. The molecule has 4 heteroatoms. The Labute approximate surface area is 75.8 Å². The topological polar surface area (TPSA) is 26.3 Å². The van der Waals surface area contributed by atoms with Gasteiger partial charge in [0.05, 0.1) is 5.92 Å². The second-order valence-electron chi connectivity index (χ2n) is 2.82. The molecule has 1 fully saturated rings. The Hall–Kier alpha value is 0.0500. The molecule has 0 amide bonds. The molecule has 0 aromatic heterocycles. The van der Waals surface area contributed by atoms with Gasteiger partial charge in [-0.2, -0.15) is 0 Å². The summed E-state index contributed by atoms with van der Waals surface area (Å²) in [5.41, 5.74) is 0. The monoisotopic (exact) mass is 196 g/mol. The van der Waals surface area contributed by atoms with Crippen molar-refractivity contribution in [2.45, 2.75) is 30.7 Å². The zero-order valence-electron chi connectivity index (χ0n) is 6.22. The van der Waals surface area contributed by atoms with Gasteiger partial charge in [0.25, 0.3) is 0 Å². The van der Waals surface area contributed by atoms with E-state index in [-0.39, 0.29) is 18.0 Å². The highest BCUT2D eigenvalue weighted by Crippen LogP contribution is 2.25. The summed E-state index contributed by atoms with van der Waals surface area (Å²) >= 11 is 11.1. The molecule has 1 heterocycles. The minimum absolute atomic E-state index is 0.00656. The number of hydrogen-bond donors (Lipinski definition) is 0. The number of ether oxygens (including phenoxy) is 1. The molecule has 1 rings (SSSR count). The number of carbonyl (C=O) groups excluding carboxylic acids is 1. The molecule has 0 spiro atoms. The molecule has 64 valence electrons. The summed E-state index contributed by atoms with van der Waals surface area (Å²) in [6, 6.07) is 0. The fourth-order valence-corrected chi connectivity index (χ4v) is 1.56. The standard InChI is InChI=1S/C7H10Cl2O2/c1-4-2-5(3-6(8)9)11-7(4)10/h4-6H,2-3H2,1H3/t4-,5-/m1/s1. The molecular formula is C7H10Cl2O2. The van der Waals surface area contributed by atoms with Crippen LogP contribution in [-0.2, 0) is 9.53 Å². The quantitative estimate of drug-likeness (QED) is 0.500. The molecule has 0 radical (unpaired) electrons. The number of alkyl halides is 2. The summed E-state index contributed by atoms with van der Waals surface area (Å²) in [5, 5.41) is 0. The summed E-state index contributed by atoms with van der Waals surface area (Å²) in [4.78, 5) is 10.4. The zero-order chi connectivity index (χ0) is 8.43. The third-order valence-corrected chi connectivity index (χ3v) is 2.10. The first-order chi connectivity index (χ1) is 5.09. The molecule has 11 heavy (non-hydrogen) atoms. The number of carbonyl (C=O) groups is 1. The van der Waals surface area contributed by atoms with E-state index < -0.39 is 4.84 Å². The highest BCUT2D eigenvalue weighted by Gasteiger charge is 2.31. The van der Waals surface area contributed by atoms with Gasteiger partial charge in [0.15, 0.2) is 0 Å². The smallest absolute Gasteiger partial charge is 0.309 e. The van der Waals surface area contributed by atoms with Crippen LogP contribution >= 0.6 is 23.2 Å². The molecule has 0 aromatic carbocycles. The molecule has 0 aromatic rings. The highest BCUT2D eigenvalue weighted by atomic mass is 35.5.